The molecule has 0 bridgehead atoms. The van der Waals surface area contributed by atoms with Crippen LogP contribution in [0.4, 0.5) is 0 Å². The van der Waals surface area contributed by atoms with Gasteiger partial charge in [0.15, 0.2) is 11.5 Å². The number of hydrogen-bond donors (Lipinski definition) is 1. The van der Waals surface area contributed by atoms with Crippen molar-refractivity contribution in [3.05, 3.63) is 30.1 Å². The molecule has 1 N–H and O–H groups in total. The van der Waals surface area contributed by atoms with E-state index >= 15 is 0 Å². The van der Waals surface area contributed by atoms with Crippen molar-refractivity contribution in [1.82, 2.24) is 24.7 Å². The van der Waals surface area contributed by atoms with E-state index in [-0.39, 0.29) is 0 Å². The van der Waals surface area contributed by atoms with Gasteiger partial charge in [-0.1, -0.05) is 0 Å². The Labute approximate surface area is 92.2 Å². The van der Waals surface area contributed by atoms with Gasteiger partial charge >= 0.3 is 0 Å². The summed E-state index contributed by atoms with van der Waals surface area (Å²) in [6.45, 7) is 1.95. The van der Waals surface area contributed by atoms with Gasteiger partial charge in [-0.2, -0.15) is 5.10 Å². The van der Waals surface area contributed by atoms with Crippen LogP contribution in [0.2, 0.25) is 0 Å². The zero-order valence-electron chi connectivity index (χ0n) is 9.10. The summed E-state index contributed by atoms with van der Waals surface area (Å²) in [5, 5.41) is 4.29. The second kappa shape index (κ2) is 3.16. The summed E-state index contributed by atoms with van der Waals surface area (Å²) in [4.78, 5) is 12.0. The number of aromatic amines is 1. The number of fused-ring (bicyclic) bond motifs is 1. The topological polar surface area (TPSA) is 59.4 Å². The number of rotatable bonds is 1. The largest absolute Gasteiger partial charge is 0.335 e. The van der Waals surface area contributed by atoms with Crippen molar-refractivity contribution in [2.75, 3.05) is 0 Å². The first-order chi connectivity index (χ1) is 7.72. The molecule has 0 fully saturated rings. The fraction of sp³-hybridized carbons (Fsp3) is 0.182. The van der Waals surface area contributed by atoms with Crippen LogP contribution in [0.5, 0.6) is 0 Å². The van der Waals surface area contributed by atoms with Crippen molar-refractivity contribution in [3.63, 3.8) is 0 Å². The summed E-state index contributed by atoms with van der Waals surface area (Å²) in [5.74, 6) is 0.758. The maximum absolute atomic E-state index is 4.41. The minimum atomic E-state index is 0.737. The van der Waals surface area contributed by atoms with Gasteiger partial charge in [0.05, 0.1) is 5.52 Å². The molecule has 0 aliphatic heterocycles. The monoisotopic (exact) mass is 213 g/mol. The van der Waals surface area contributed by atoms with Crippen LogP contribution in [0.15, 0.2) is 24.4 Å². The van der Waals surface area contributed by atoms with Gasteiger partial charge in [-0.25, -0.2) is 9.97 Å². The summed E-state index contributed by atoms with van der Waals surface area (Å²) in [7, 11) is 1.88. The molecule has 0 aliphatic carbocycles. The molecule has 3 rings (SSSR count). The van der Waals surface area contributed by atoms with Gasteiger partial charge in [-0.05, 0) is 25.1 Å². The van der Waals surface area contributed by atoms with Crippen LogP contribution in [0.25, 0.3) is 22.7 Å². The number of aryl methyl sites for hydroxylation is 2. The molecule has 0 aliphatic rings. The summed E-state index contributed by atoms with van der Waals surface area (Å²) in [6, 6.07) is 5.87. The molecule has 0 saturated heterocycles. The Balaban J connectivity index is 2.18. The van der Waals surface area contributed by atoms with E-state index in [0.717, 1.165) is 28.4 Å². The molecule has 80 valence electrons. The second-order valence-corrected chi connectivity index (χ2v) is 3.78. The van der Waals surface area contributed by atoms with Crippen molar-refractivity contribution < 1.29 is 0 Å². The molecule has 3 aromatic rings. The number of hydrogen-bond acceptors (Lipinski definition) is 3. The zero-order valence-corrected chi connectivity index (χ0v) is 9.10. The third-order valence-electron chi connectivity index (χ3n) is 2.44. The Hall–Kier alpha value is -2.17. The van der Waals surface area contributed by atoms with Crippen molar-refractivity contribution in [2.45, 2.75) is 6.92 Å². The molecule has 0 unspecified atom stereocenters. The van der Waals surface area contributed by atoms with Gasteiger partial charge in [0.25, 0.3) is 0 Å². The molecular formula is C11H11N5. The van der Waals surface area contributed by atoms with E-state index < -0.39 is 0 Å². The summed E-state index contributed by atoms with van der Waals surface area (Å²) < 4.78 is 1.75. The van der Waals surface area contributed by atoms with E-state index in [1.807, 2.05) is 38.4 Å². The first-order valence-electron chi connectivity index (χ1n) is 5.06. The summed E-state index contributed by atoms with van der Waals surface area (Å²) in [5.41, 5.74) is 3.47. The molecule has 16 heavy (non-hydrogen) atoms. The van der Waals surface area contributed by atoms with Gasteiger partial charge in [-0.3, -0.25) is 4.68 Å². The fourth-order valence-electron chi connectivity index (χ4n) is 1.65. The average Bonchev–Trinajstić information content (AvgIpc) is 2.83. The minimum Gasteiger partial charge on any atom is -0.335 e. The second-order valence-electron chi connectivity index (χ2n) is 3.78. The fourth-order valence-corrected chi connectivity index (χ4v) is 1.65. The van der Waals surface area contributed by atoms with E-state index in [1.165, 1.54) is 0 Å². The minimum absolute atomic E-state index is 0.737. The lowest BCUT2D eigenvalue weighted by atomic mass is 10.3. The van der Waals surface area contributed by atoms with Gasteiger partial charge in [0.2, 0.25) is 0 Å². The normalized spacial score (nSPS) is 11.1. The zero-order chi connectivity index (χ0) is 11.1. The maximum atomic E-state index is 4.41. The highest BCUT2D eigenvalue weighted by atomic mass is 15.3. The predicted octanol–water partition coefficient (Wildman–Crippen LogP) is 1.67. The Kier molecular flexibility index (Phi) is 1.80. The number of pyridine rings is 1. The predicted molar refractivity (Wildman–Crippen MR) is 60.8 cm³/mol. The highest BCUT2D eigenvalue weighted by Crippen LogP contribution is 2.17. The smallest absolute Gasteiger partial charge is 0.178 e. The number of imidazole rings is 1. The van der Waals surface area contributed by atoms with Gasteiger partial charge in [-0.15, -0.1) is 0 Å². The van der Waals surface area contributed by atoms with Crippen LogP contribution in [-0.2, 0) is 7.05 Å². The van der Waals surface area contributed by atoms with Crippen molar-refractivity contribution in [3.8, 4) is 11.5 Å². The molecule has 0 aromatic carbocycles. The lowest BCUT2D eigenvalue weighted by Crippen LogP contribution is -1.88. The Morgan fingerprint density at radius 1 is 1.19 bits per heavy atom. The molecule has 0 saturated carbocycles. The quantitative estimate of drug-likeness (QED) is 0.668. The third-order valence-corrected chi connectivity index (χ3v) is 2.44. The standard InChI is InChI=1S/C11H11N5/c1-7-3-4-8-10(12-7)14-11(13-8)9-5-6-16(2)15-9/h3-6H,1-2H3,(H,12,13,14). The van der Waals surface area contributed by atoms with Gasteiger partial charge in [0.1, 0.15) is 5.69 Å². The Bertz CT molecular complexity index is 649. The SMILES string of the molecule is Cc1ccc2[nH]c(-c3ccn(C)n3)nc2n1. The molecule has 5 heteroatoms. The highest BCUT2D eigenvalue weighted by molar-refractivity contribution is 5.74. The molecule has 3 heterocycles. The molecule has 5 nitrogen and oxygen atoms in total. The van der Waals surface area contributed by atoms with Gasteiger partial charge < -0.3 is 4.98 Å². The van der Waals surface area contributed by atoms with Crippen LogP contribution >= 0.6 is 0 Å². The number of nitrogens with one attached hydrogen (secondary N) is 1. The number of H-pyrrole nitrogens is 1. The lowest BCUT2D eigenvalue weighted by molar-refractivity contribution is 0.769. The van der Waals surface area contributed by atoms with Crippen LogP contribution in [0.3, 0.4) is 0 Å². The first-order valence-corrected chi connectivity index (χ1v) is 5.06. The van der Waals surface area contributed by atoms with Crippen molar-refractivity contribution >= 4 is 11.2 Å². The van der Waals surface area contributed by atoms with Crippen LogP contribution in [0, 0.1) is 6.92 Å². The van der Waals surface area contributed by atoms with Crippen LogP contribution < -0.4 is 0 Å². The average molecular weight is 213 g/mol. The highest BCUT2D eigenvalue weighted by Gasteiger charge is 2.08. The molecule has 0 radical (unpaired) electrons. The summed E-state index contributed by atoms with van der Waals surface area (Å²) in [6.07, 6.45) is 1.89. The number of aromatic nitrogens is 5. The Morgan fingerprint density at radius 3 is 2.81 bits per heavy atom. The molecule has 0 spiro atoms. The molecule has 3 aromatic heterocycles. The number of nitrogens with zero attached hydrogens (tertiary/aromatic N) is 4. The maximum Gasteiger partial charge on any atom is 0.178 e. The Morgan fingerprint density at radius 2 is 2.06 bits per heavy atom. The van der Waals surface area contributed by atoms with E-state index in [9.17, 15) is 0 Å². The van der Waals surface area contributed by atoms with E-state index in [2.05, 4.69) is 20.1 Å². The van der Waals surface area contributed by atoms with E-state index in [0.29, 0.717) is 0 Å². The van der Waals surface area contributed by atoms with Crippen LogP contribution in [0.1, 0.15) is 5.69 Å². The molecule has 0 atom stereocenters. The van der Waals surface area contributed by atoms with Crippen molar-refractivity contribution in [2.24, 2.45) is 7.05 Å². The van der Waals surface area contributed by atoms with Crippen LogP contribution in [-0.4, -0.2) is 24.7 Å². The third kappa shape index (κ3) is 1.37. The summed E-state index contributed by atoms with van der Waals surface area (Å²) >= 11 is 0. The molecular weight excluding hydrogens is 202 g/mol. The van der Waals surface area contributed by atoms with E-state index in [4.69, 9.17) is 0 Å². The first kappa shape index (κ1) is 9.08. The molecule has 0 amide bonds. The van der Waals surface area contributed by atoms with Crippen molar-refractivity contribution in [1.29, 1.82) is 0 Å². The van der Waals surface area contributed by atoms with E-state index in [1.54, 1.807) is 4.68 Å². The van der Waals surface area contributed by atoms with Gasteiger partial charge in [0, 0.05) is 18.9 Å². The lowest BCUT2D eigenvalue weighted by Gasteiger charge is -1.88.